The van der Waals surface area contributed by atoms with Gasteiger partial charge in [-0.3, -0.25) is 0 Å². The maximum absolute atomic E-state index is 5.05. The van der Waals surface area contributed by atoms with Crippen LogP contribution in [-0.4, -0.2) is 12.1 Å². The van der Waals surface area contributed by atoms with E-state index >= 15 is 0 Å². The molecule has 1 aliphatic rings. The van der Waals surface area contributed by atoms with E-state index in [1.807, 2.05) is 36.4 Å². The van der Waals surface area contributed by atoms with Crippen LogP contribution in [0.4, 0.5) is 11.4 Å². The molecule has 0 saturated heterocycles. The second kappa shape index (κ2) is 7.80. The van der Waals surface area contributed by atoms with Crippen molar-refractivity contribution in [3.8, 4) is 0 Å². The Bertz CT molecular complexity index is 1130. The van der Waals surface area contributed by atoms with E-state index in [9.17, 15) is 0 Å². The quantitative estimate of drug-likeness (QED) is 0.400. The number of aliphatic imine (C=N–C) groups is 2. The van der Waals surface area contributed by atoms with E-state index in [2.05, 4.69) is 89.8 Å². The zero-order valence-electron chi connectivity index (χ0n) is 16.5. The van der Waals surface area contributed by atoms with Gasteiger partial charge in [0, 0.05) is 22.5 Å². The van der Waals surface area contributed by atoms with Crippen molar-refractivity contribution >= 4 is 23.4 Å². The van der Waals surface area contributed by atoms with Crippen LogP contribution in [-0.2, 0) is 5.66 Å². The minimum Gasteiger partial charge on any atom is -0.307 e. The van der Waals surface area contributed by atoms with Crippen molar-refractivity contribution in [3.05, 3.63) is 132 Å². The van der Waals surface area contributed by atoms with Gasteiger partial charge in [-0.05, 0) is 24.3 Å². The van der Waals surface area contributed by atoms with Gasteiger partial charge in [0.25, 0.3) is 0 Å². The maximum Gasteiger partial charge on any atom is 0.207 e. The summed E-state index contributed by atoms with van der Waals surface area (Å²) >= 11 is 0. The van der Waals surface area contributed by atoms with Gasteiger partial charge in [-0.25, -0.2) is 9.98 Å². The molecule has 0 fully saturated rings. The van der Waals surface area contributed by atoms with E-state index in [0.717, 1.165) is 28.2 Å². The molecule has 1 unspecified atom stereocenters. The van der Waals surface area contributed by atoms with E-state index in [4.69, 9.17) is 9.98 Å². The predicted octanol–water partition coefficient (Wildman–Crippen LogP) is 6.21. The number of hydrogen-bond donors (Lipinski definition) is 0. The molecule has 4 aromatic carbocycles. The van der Waals surface area contributed by atoms with Crippen molar-refractivity contribution in [1.82, 2.24) is 0 Å². The first-order chi connectivity index (χ1) is 14.9. The van der Waals surface area contributed by atoms with Gasteiger partial charge in [-0.1, -0.05) is 97.1 Å². The van der Waals surface area contributed by atoms with Gasteiger partial charge in [0.05, 0.1) is 0 Å². The zero-order chi connectivity index (χ0) is 20.2. The highest BCUT2D eigenvalue weighted by molar-refractivity contribution is 6.15. The molecule has 0 amide bonds. The van der Waals surface area contributed by atoms with Crippen molar-refractivity contribution in [2.24, 2.45) is 9.98 Å². The Morgan fingerprint density at radius 1 is 0.533 bits per heavy atom. The minimum atomic E-state index is -0.814. The number of anilines is 2. The third-order valence-electron chi connectivity index (χ3n) is 5.34. The Hall–Kier alpha value is -3.98. The highest BCUT2D eigenvalue weighted by Gasteiger charge is 2.46. The van der Waals surface area contributed by atoms with Crippen LogP contribution < -0.4 is 4.90 Å². The monoisotopic (exact) mass is 387 g/mol. The normalized spacial score (nSPS) is 17.5. The molecule has 1 atom stereocenters. The van der Waals surface area contributed by atoms with Crippen molar-refractivity contribution in [2.45, 2.75) is 5.66 Å². The van der Waals surface area contributed by atoms with Gasteiger partial charge in [-0.2, -0.15) is 0 Å². The fourth-order valence-electron chi connectivity index (χ4n) is 4.04. The summed E-state index contributed by atoms with van der Waals surface area (Å²) in [6.07, 6.45) is 1.69. The Morgan fingerprint density at radius 2 is 1.00 bits per heavy atom. The lowest BCUT2D eigenvalue weighted by Gasteiger charge is -2.42. The summed E-state index contributed by atoms with van der Waals surface area (Å²) in [4.78, 5) is 12.1. The highest BCUT2D eigenvalue weighted by Crippen LogP contribution is 2.44. The molecule has 0 saturated carbocycles. The molecule has 30 heavy (non-hydrogen) atoms. The maximum atomic E-state index is 5.05. The van der Waals surface area contributed by atoms with Crippen LogP contribution in [0.25, 0.3) is 0 Å². The zero-order valence-corrected chi connectivity index (χ0v) is 16.5. The second-order valence-corrected chi connectivity index (χ2v) is 7.13. The molecular formula is C27H21N3. The van der Waals surface area contributed by atoms with Gasteiger partial charge in [0.1, 0.15) is 12.1 Å². The Kier molecular flexibility index (Phi) is 4.70. The number of rotatable bonds is 5. The van der Waals surface area contributed by atoms with Crippen molar-refractivity contribution in [3.63, 3.8) is 0 Å². The molecule has 1 aliphatic heterocycles. The lowest BCUT2D eigenvalue weighted by molar-refractivity contribution is 0.630. The molecule has 0 N–H and O–H groups in total. The standard InChI is InChI=1S/C27H21N3/c1-5-13-22(14-6-1)26-27(29-21-28-26,23-15-7-2-8-16-23)30(24-17-9-3-10-18-24)25-19-11-4-12-20-25/h1-21H. The van der Waals surface area contributed by atoms with E-state index in [1.54, 1.807) is 6.34 Å². The Morgan fingerprint density at radius 3 is 1.53 bits per heavy atom. The molecule has 144 valence electrons. The highest BCUT2D eigenvalue weighted by atomic mass is 15.3. The van der Waals surface area contributed by atoms with Crippen molar-refractivity contribution in [1.29, 1.82) is 0 Å². The van der Waals surface area contributed by atoms with E-state index in [-0.39, 0.29) is 0 Å². The molecule has 4 aromatic rings. The van der Waals surface area contributed by atoms with E-state index in [1.165, 1.54) is 0 Å². The average molecular weight is 387 g/mol. The van der Waals surface area contributed by atoms with Crippen molar-refractivity contribution < 1.29 is 0 Å². The first-order valence-corrected chi connectivity index (χ1v) is 10.0. The molecule has 0 aromatic heterocycles. The molecule has 0 radical (unpaired) electrons. The number of hydrogen-bond acceptors (Lipinski definition) is 3. The van der Waals surface area contributed by atoms with Crippen LogP contribution in [0.2, 0.25) is 0 Å². The average Bonchev–Trinajstić information content (AvgIpc) is 3.27. The molecule has 0 spiro atoms. The first kappa shape index (κ1) is 18.1. The number of benzene rings is 4. The summed E-state index contributed by atoms with van der Waals surface area (Å²) in [5.74, 6) is 0. The smallest absolute Gasteiger partial charge is 0.207 e. The van der Waals surface area contributed by atoms with Gasteiger partial charge in [0.2, 0.25) is 5.66 Å². The topological polar surface area (TPSA) is 28.0 Å². The fourth-order valence-corrected chi connectivity index (χ4v) is 4.04. The minimum absolute atomic E-state index is 0.814. The van der Waals surface area contributed by atoms with Gasteiger partial charge in [0.15, 0.2) is 0 Å². The van der Waals surface area contributed by atoms with E-state index in [0.29, 0.717) is 0 Å². The van der Waals surface area contributed by atoms with Gasteiger partial charge < -0.3 is 4.90 Å². The Balaban J connectivity index is 1.82. The van der Waals surface area contributed by atoms with Crippen molar-refractivity contribution in [2.75, 3.05) is 4.90 Å². The van der Waals surface area contributed by atoms with Crippen LogP contribution in [0.3, 0.4) is 0 Å². The summed E-state index contributed by atoms with van der Waals surface area (Å²) in [6, 6.07) is 41.5. The largest absolute Gasteiger partial charge is 0.307 e. The molecule has 5 rings (SSSR count). The van der Waals surface area contributed by atoms with E-state index < -0.39 is 5.66 Å². The number of nitrogens with zero attached hydrogens (tertiary/aromatic N) is 3. The molecule has 3 heteroatoms. The van der Waals surface area contributed by atoms with Gasteiger partial charge in [-0.15, -0.1) is 0 Å². The molecule has 0 bridgehead atoms. The summed E-state index contributed by atoms with van der Waals surface area (Å²) in [5.41, 5.74) is 4.31. The van der Waals surface area contributed by atoms with Crippen LogP contribution in [0.15, 0.2) is 131 Å². The summed E-state index contributed by atoms with van der Waals surface area (Å²) in [5, 5.41) is 0. The van der Waals surface area contributed by atoms with Crippen LogP contribution in [0.5, 0.6) is 0 Å². The van der Waals surface area contributed by atoms with Gasteiger partial charge >= 0.3 is 0 Å². The third-order valence-corrected chi connectivity index (χ3v) is 5.34. The third kappa shape index (κ3) is 3.01. The molecule has 1 heterocycles. The second-order valence-electron chi connectivity index (χ2n) is 7.13. The lowest BCUT2D eigenvalue weighted by atomic mass is 9.87. The van der Waals surface area contributed by atoms with Crippen LogP contribution in [0.1, 0.15) is 11.1 Å². The summed E-state index contributed by atoms with van der Waals surface area (Å²) in [7, 11) is 0. The number of para-hydroxylation sites is 2. The summed E-state index contributed by atoms with van der Waals surface area (Å²) < 4.78 is 0. The first-order valence-electron chi connectivity index (χ1n) is 10.0. The molecule has 0 aliphatic carbocycles. The predicted molar refractivity (Wildman–Crippen MR) is 125 cm³/mol. The van der Waals surface area contributed by atoms with Crippen LogP contribution >= 0.6 is 0 Å². The van der Waals surface area contributed by atoms with Crippen LogP contribution in [0, 0.1) is 0 Å². The fraction of sp³-hybridized carbons (Fsp3) is 0.0370. The summed E-state index contributed by atoms with van der Waals surface area (Å²) in [6.45, 7) is 0. The lowest BCUT2D eigenvalue weighted by Crippen LogP contribution is -2.47. The Labute approximate surface area is 176 Å². The SMILES string of the molecule is C1=NC(c2ccccc2)(N(c2ccccc2)c2ccccc2)C(c2ccccc2)=N1. The molecule has 3 nitrogen and oxygen atoms in total. The molecular weight excluding hydrogens is 366 g/mol.